The van der Waals surface area contributed by atoms with E-state index in [1.54, 1.807) is 17.0 Å². The smallest absolute Gasteiger partial charge is 0.268 e. The summed E-state index contributed by atoms with van der Waals surface area (Å²) in [5, 5.41) is 0. The second kappa shape index (κ2) is 6.74. The number of carbonyl (C=O) groups excluding carboxylic acids is 2. The average molecular weight is 325 g/mol. The van der Waals surface area contributed by atoms with Crippen LogP contribution < -0.4 is 14.4 Å². The Morgan fingerprint density at radius 1 is 1.25 bits per heavy atom. The van der Waals surface area contributed by atoms with Gasteiger partial charge < -0.3 is 14.4 Å². The lowest BCUT2D eigenvalue weighted by atomic mass is 10.1. The summed E-state index contributed by atoms with van der Waals surface area (Å²) in [7, 11) is 1.52. The molecule has 0 fully saturated rings. The molecule has 1 amide bonds. The minimum atomic E-state index is -0.558. The third-order valence-electron chi connectivity index (χ3n) is 4.06. The van der Waals surface area contributed by atoms with Gasteiger partial charge in [0.05, 0.1) is 19.3 Å². The van der Waals surface area contributed by atoms with Crippen LogP contribution in [0.25, 0.3) is 0 Å². The zero-order valence-electron chi connectivity index (χ0n) is 13.7. The third-order valence-corrected chi connectivity index (χ3v) is 4.06. The number of nitrogens with zero attached hydrogens (tertiary/aromatic N) is 1. The van der Waals surface area contributed by atoms with Crippen molar-refractivity contribution in [2.75, 3.05) is 12.0 Å². The van der Waals surface area contributed by atoms with Gasteiger partial charge in [-0.1, -0.05) is 37.3 Å². The van der Waals surface area contributed by atoms with Gasteiger partial charge in [-0.2, -0.15) is 0 Å². The van der Waals surface area contributed by atoms with Crippen LogP contribution in [-0.2, 0) is 11.3 Å². The lowest BCUT2D eigenvalue weighted by molar-refractivity contribution is -0.126. The SMILES string of the molecule is CCC1Oc2c(OC)cc(C=O)cc2N(Cc2ccccc2)C1=O. The van der Waals surface area contributed by atoms with Crippen LogP contribution in [0.5, 0.6) is 11.5 Å². The molecular weight excluding hydrogens is 306 g/mol. The lowest BCUT2D eigenvalue weighted by Gasteiger charge is -2.35. The molecule has 2 aromatic carbocycles. The molecule has 0 radical (unpaired) electrons. The number of fused-ring (bicyclic) bond motifs is 1. The molecule has 0 N–H and O–H groups in total. The lowest BCUT2D eigenvalue weighted by Crippen LogP contribution is -2.45. The fourth-order valence-corrected chi connectivity index (χ4v) is 2.82. The van der Waals surface area contributed by atoms with Gasteiger partial charge in [0.2, 0.25) is 0 Å². The molecule has 0 bridgehead atoms. The fourth-order valence-electron chi connectivity index (χ4n) is 2.82. The van der Waals surface area contributed by atoms with Crippen molar-refractivity contribution in [2.45, 2.75) is 26.0 Å². The van der Waals surface area contributed by atoms with Gasteiger partial charge in [-0.3, -0.25) is 9.59 Å². The van der Waals surface area contributed by atoms with Gasteiger partial charge in [0.15, 0.2) is 17.6 Å². The first-order chi connectivity index (χ1) is 11.7. The fraction of sp³-hybridized carbons (Fsp3) is 0.263. The Bertz CT molecular complexity index is 757. The van der Waals surface area contributed by atoms with E-state index in [0.29, 0.717) is 35.7 Å². The van der Waals surface area contributed by atoms with Crippen molar-refractivity contribution >= 4 is 17.9 Å². The number of anilines is 1. The molecule has 1 unspecified atom stereocenters. The summed E-state index contributed by atoms with van der Waals surface area (Å²) < 4.78 is 11.2. The Hall–Kier alpha value is -2.82. The van der Waals surface area contributed by atoms with Gasteiger partial charge in [-0.25, -0.2) is 0 Å². The van der Waals surface area contributed by atoms with E-state index >= 15 is 0 Å². The number of rotatable bonds is 5. The summed E-state index contributed by atoms with van der Waals surface area (Å²) in [5.74, 6) is 0.850. The predicted molar refractivity (Wildman–Crippen MR) is 90.7 cm³/mol. The van der Waals surface area contributed by atoms with Crippen LogP contribution in [-0.4, -0.2) is 25.4 Å². The average Bonchev–Trinajstić information content (AvgIpc) is 2.63. The summed E-state index contributed by atoms with van der Waals surface area (Å²) in [6.07, 6.45) is 0.736. The number of amides is 1. The highest BCUT2D eigenvalue weighted by molar-refractivity contribution is 6.01. The maximum Gasteiger partial charge on any atom is 0.268 e. The summed E-state index contributed by atoms with van der Waals surface area (Å²) in [4.78, 5) is 25.7. The molecule has 3 rings (SSSR count). The first-order valence-electron chi connectivity index (χ1n) is 7.87. The molecular formula is C19H19NO4. The molecule has 0 aliphatic carbocycles. The maximum atomic E-state index is 12.8. The van der Waals surface area contributed by atoms with Crippen LogP contribution in [0.1, 0.15) is 29.3 Å². The first-order valence-corrected chi connectivity index (χ1v) is 7.87. The van der Waals surface area contributed by atoms with E-state index in [2.05, 4.69) is 0 Å². The van der Waals surface area contributed by atoms with E-state index in [4.69, 9.17) is 9.47 Å². The standard InChI is InChI=1S/C19H19NO4/c1-3-16-19(22)20(11-13-7-5-4-6-8-13)15-9-14(12-21)10-17(23-2)18(15)24-16/h4-10,12,16H,3,11H2,1-2H3. The largest absolute Gasteiger partial charge is 0.493 e. The summed E-state index contributed by atoms with van der Waals surface area (Å²) in [6, 6.07) is 13.0. The van der Waals surface area contributed by atoms with Gasteiger partial charge in [0.25, 0.3) is 5.91 Å². The molecule has 0 spiro atoms. The number of carbonyl (C=O) groups is 2. The van der Waals surface area contributed by atoms with E-state index in [0.717, 1.165) is 11.8 Å². The highest BCUT2D eigenvalue weighted by atomic mass is 16.5. The van der Waals surface area contributed by atoms with Gasteiger partial charge in [0, 0.05) is 5.56 Å². The molecule has 24 heavy (non-hydrogen) atoms. The van der Waals surface area contributed by atoms with Crippen molar-refractivity contribution in [1.82, 2.24) is 0 Å². The van der Waals surface area contributed by atoms with Crippen LogP contribution >= 0.6 is 0 Å². The molecule has 5 heteroatoms. The highest BCUT2D eigenvalue weighted by Crippen LogP contribution is 2.43. The summed E-state index contributed by atoms with van der Waals surface area (Å²) >= 11 is 0. The molecule has 0 saturated heterocycles. The second-order valence-electron chi connectivity index (χ2n) is 5.61. The van der Waals surface area contributed by atoms with Gasteiger partial charge in [-0.05, 0) is 24.1 Å². The summed E-state index contributed by atoms with van der Waals surface area (Å²) in [6.45, 7) is 2.32. The third kappa shape index (κ3) is 2.85. The molecule has 2 aromatic rings. The topological polar surface area (TPSA) is 55.8 Å². The highest BCUT2D eigenvalue weighted by Gasteiger charge is 2.35. The Morgan fingerprint density at radius 3 is 2.62 bits per heavy atom. The molecule has 5 nitrogen and oxygen atoms in total. The Balaban J connectivity index is 2.10. The number of methoxy groups -OCH3 is 1. The minimum absolute atomic E-state index is 0.112. The van der Waals surface area contributed by atoms with Gasteiger partial charge in [0.1, 0.15) is 6.29 Å². The number of ether oxygens (including phenoxy) is 2. The number of hydrogen-bond acceptors (Lipinski definition) is 4. The van der Waals surface area contributed by atoms with E-state index in [-0.39, 0.29) is 5.91 Å². The van der Waals surface area contributed by atoms with Crippen LogP contribution in [0.4, 0.5) is 5.69 Å². The molecule has 1 heterocycles. The Kier molecular flexibility index (Phi) is 4.51. The normalized spacial score (nSPS) is 16.3. The second-order valence-corrected chi connectivity index (χ2v) is 5.61. The summed E-state index contributed by atoms with van der Waals surface area (Å²) in [5.41, 5.74) is 2.01. The van der Waals surface area contributed by atoms with Crippen molar-refractivity contribution in [3.05, 3.63) is 53.6 Å². The van der Waals surface area contributed by atoms with Crippen molar-refractivity contribution in [3.63, 3.8) is 0 Å². The Labute approximate surface area is 140 Å². The van der Waals surface area contributed by atoms with Crippen molar-refractivity contribution < 1.29 is 19.1 Å². The molecule has 1 atom stereocenters. The van der Waals surface area contributed by atoms with Gasteiger partial charge in [-0.15, -0.1) is 0 Å². The number of hydrogen-bond donors (Lipinski definition) is 0. The van der Waals surface area contributed by atoms with Crippen LogP contribution in [0.15, 0.2) is 42.5 Å². The molecule has 0 aromatic heterocycles. The van der Waals surface area contributed by atoms with Crippen molar-refractivity contribution in [2.24, 2.45) is 0 Å². The van der Waals surface area contributed by atoms with Crippen molar-refractivity contribution in [1.29, 1.82) is 0 Å². The quantitative estimate of drug-likeness (QED) is 0.792. The van der Waals surface area contributed by atoms with Crippen LogP contribution in [0, 0.1) is 0 Å². The first kappa shape index (κ1) is 16.1. The monoisotopic (exact) mass is 325 g/mol. The van der Waals surface area contributed by atoms with Crippen molar-refractivity contribution in [3.8, 4) is 11.5 Å². The van der Waals surface area contributed by atoms with E-state index < -0.39 is 6.10 Å². The Morgan fingerprint density at radius 2 is 2.00 bits per heavy atom. The zero-order valence-corrected chi connectivity index (χ0v) is 13.7. The van der Waals surface area contributed by atoms with Crippen LogP contribution in [0.3, 0.4) is 0 Å². The molecule has 124 valence electrons. The predicted octanol–water partition coefficient (Wildman–Crippen LogP) is 3.21. The maximum absolute atomic E-state index is 12.8. The molecule has 0 saturated carbocycles. The molecule has 1 aliphatic rings. The minimum Gasteiger partial charge on any atom is -0.493 e. The number of benzene rings is 2. The zero-order chi connectivity index (χ0) is 17.1. The molecule has 1 aliphatic heterocycles. The van der Waals surface area contributed by atoms with E-state index in [9.17, 15) is 9.59 Å². The van der Waals surface area contributed by atoms with Gasteiger partial charge >= 0.3 is 0 Å². The van der Waals surface area contributed by atoms with E-state index in [1.807, 2.05) is 37.3 Å². The number of aldehydes is 1. The van der Waals surface area contributed by atoms with E-state index in [1.165, 1.54) is 7.11 Å². The van der Waals surface area contributed by atoms with Crippen LogP contribution in [0.2, 0.25) is 0 Å².